The van der Waals surface area contributed by atoms with Gasteiger partial charge in [0.2, 0.25) is 6.79 Å². The summed E-state index contributed by atoms with van der Waals surface area (Å²) >= 11 is 0. The highest BCUT2D eigenvalue weighted by atomic mass is 19.1. The van der Waals surface area contributed by atoms with Crippen LogP contribution in [0.1, 0.15) is 16.7 Å². The molecule has 0 radical (unpaired) electrons. The number of aliphatic hydroxyl groups excluding tert-OH is 1. The van der Waals surface area contributed by atoms with E-state index >= 15 is 0 Å². The van der Waals surface area contributed by atoms with Crippen LogP contribution >= 0.6 is 0 Å². The summed E-state index contributed by atoms with van der Waals surface area (Å²) in [7, 11) is 0. The van der Waals surface area contributed by atoms with Crippen LogP contribution in [0.15, 0.2) is 66.7 Å². The van der Waals surface area contributed by atoms with Crippen molar-refractivity contribution in [2.75, 3.05) is 19.9 Å². The Bertz CT molecular complexity index is 1030. The lowest BCUT2D eigenvalue weighted by Gasteiger charge is -2.26. The molecule has 1 heterocycles. The maximum Gasteiger partial charge on any atom is 0.231 e. The third-order valence-corrected chi connectivity index (χ3v) is 5.19. The zero-order valence-corrected chi connectivity index (χ0v) is 17.5. The molecule has 1 atom stereocenters. The van der Waals surface area contributed by atoms with Gasteiger partial charge in [0.05, 0.1) is 0 Å². The van der Waals surface area contributed by atoms with E-state index in [2.05, 4.69) is 0 Å². The number of nitrogens with zero attached hydrogens (tertiary/aromatic N) is 1. The smallest absolute Gasteiger partial charge is 0.231 e. The number of rotatable bonds is 9. The highest BCUT2D eigenvalue weighted by Crippen LogP contribution is 2.33. The number of para-hydroxylation sites is 1. The van der Waals surface area contributed by atoms with Gasteiger partial charge in [-0.25, -0.2) is 4.39 Å². The molecule has 6 heteroatoms. The molecule has 0 unspecified atom stereocenters. The van der Waals surface area contributed by atoms with Crippen molar-refractivity contribution in [3.8, 4) is 17.2 Å². The highest BCUT2D eigenvalue weighted by Gasteiger charge is 2.18. The molecule has 1 aliphatic rings. The second-order valence-corrected chi connectivity index (χ2v) is 7.68. The molecule has 162 valence electrons. The van der Waals surface area contributed by atoms with Crippen LogP contribution < -0.4 is 14.2 Å². The lowest BCUT2D eigenvalue weighted by molar-refractivity contribution is 0.0622. The first-order chi connectivity index (χ1) is 15.1. The van der Waals surface area contributed by atoms with Gasteiger partial charge in [0, 0.05) is 25.2 Å². The van der Waals surface area contributed by atoms with Gasteiger partial charge >= 0.3 is 0 Å². The van der Waals surface area contributed by atoms with Crippen molar-refractivity contribution in [3.63, 3.8) is 0 Å². The molecular weight excluding hydrogens is 397 g/mol. The van der Waals surface area contributed by atoms with Crippen molar-refractivity contribution in [3.05, 3.63) is 89.2 Å². The van der Waals surface area contributed by atoms with Crippen molar-refractivity contribution in [1.29, 1.82) is 0 Å². The molecule has 3 aromatic carbocycles. The van der Waals surface area contributed by atoms with E-state index in [0.29, 0.717) is 30.9 Å². The minimum Gasteiger partial charge on any atom is -0.491 e. The first-order valence-electron chi connectivity index (χ1n) is 10.3. The number of aliphatic hydroxyl groups is 1. The second-order valence-electron chi connectivity index (χ2n) is 7.68. The minimum absolute atomic E-state index is 0.153. The molecule has 3 aromatic rings. The Morgan fingerprint density at radius 2 is 1.77 bits per heavy atom. The van der Waals surface area contributed by atoms with Crippen molar-refractivity contribution in [1.82, 2.24) is 4.90 Å². The zero-order chi connectivity index (χ0) is 21.6. The molecular formula is C25H26FNO4. The fraction of sp³-hybridized carbons (Fsp3) is 0.280. The highest BCUT2D eigenvalue weighted by molar-refractivity contribution is 5.44. The summed E-state index contributed by atoms with van der Waals surface area (Å²) in [5, 5.41) is 10.6. The molecule has 0 spiro atoms. The van der Waals surface area contributed by atoms with Crippen LogP contribution in [0, 0.1) is 12.7 Å². The largest absolute Gasteiger partial charge is 0.491 e. The fourth-order valence-electron chi connectivity index (χ4n) is 3.61. The summed E-state index contributed by atoms with van der Waals surface area (Å²) in [4.78, 5) is 2.00. The van der Waals surface area contributed by atoms with E-state index in [9.17, 15) is 9.50 Å². The third-order valence-electron chi connectivity index (χ3n) is 5.19. The number of aryl methyl sites for hydroxylation is 1. The molecule has 0 saturated heterocycles. The van der Waals surface area contributed by atoms with E-state index in [-0.39, 0.29) is 19.2 Å². The van der Waals surface area contributed by atoms with E-state index in [4.69, 9.17) is 14.2 Å². The molecule has 31 heavy (non-hydrogen) atoms. The Kier molecular flexibility index (Phi) is 6.70. The van der Waals surface area contributed by atoms with Crippen LogP contribution in [-0.2, 0) is 13.1 Å². The van der Waals surface area contributed by atoms with Gasteiger partial charge in [-0.2, -0.15) is 0 Å². The predicted molar refractivity (Wildman–Crippen MR) is 116 cm³/mol. The summed E-state index contributed by atoms with van der Waals surface area (Å²) in [6.45, 7) is 3.54. The minimum atomic E-state index is -0.736. The molecule has 0 fully saturated rings. The number of halogens is 1. The summed E-state index contributed by atoms with van der Waals surface area (Å²) in [5.74, 6) is 1.91. The van der Waals surface area contributed by atoms with Crippen LogP contribution in [0.2, 0.25) is 0 Å². The molecule has 0 aliphatic carbocycles. The number of hydrogen-bond acceptors (Lipinski definition) is 5. The van der Waals surface area contributed by atoms with Gasteiger partial charge < -0.3 is 19.3 Å². The van der Waals surface area contributed by atoms with Gasteiger partial charge in [-0.1, -0.05) is 42.5 Å². The zero-order valence-electron chi connectivity index (χ0n) is 17.5. The fourth-order valence-corrected chi connectivity index (χ4v) is 3.61. The molecule has 0 amide bonds. The van der Waals surface area contributed by atoms with Crippen molar-refractivity contribution in [2.45, 2.75) is 26.1 Å². The van der Waals surface area contributed by atoms with Gasteiger partial charge in [-0.05, 0) is 42.3 Å². The Balaban J connectivity index is 1.45. The lowest BCUT2D eigenvalue weighted by Crippen LogP contribution is -2.35. The van der Waals surface area contributed by atoms with Crippen LogP contribution in [0.4, 0.5) is 4.39 Å². The quantitative estimate of drug-likeness (QED) is 0.556. The first kappa shape index (κ1) is 21.2. The molecule has 1 N–H and O–H groups in total. The number of benzene rings is 3. The van der Waals surface area contributed by atoms with E-state index < -0.39 is 6.10 Å². The molecule has 4 rings (SSSR count). The average molecular weight is 423 g/mol. The van der Waals surface area contributed by atoms with Crippen molar-refractivity contribution in [2.24, 2.45) is 0 Å². The molecule has 0 saturated carbocycles. The lowest BCUT2D eigenvalue weighted by atomic mass is 10.1. The Morgan fingerprint density at radius 3 is 2.61 bits per heavy atom. The SMILES string of the molecule is Cc1ccccc1OC[C@H](O)CN(Cc1ccc2c(c1)OCO2)Cc1ccccc1F. The van der Waals surface area contributed by atoms with Gasteiger partial charge in [-0.15, -0.1) is 0 Å². The Hall–Kier alpha value is -3.09. The number of fused-ring (bicyclic) bond motifs is 1. The van der Waals surface area contributed by atoms with Crippen LogP contribution in [0.25, 0.3) is 0 Å². The van der Waals surface area contributed by atoms with E-state index in [1.807, 2.05) is 60.4 Å². The Labute approximate surface area is 181 Å². The number of ether oxygens (including phenoxy) is 3. The standard InChI is InChI=1S/C25H26FNO4/c1-18-6-2-5-9-23(18)29-16-21(28)15-27(14-20-7-3-4-8-22(20)26)13-19-10-11-24-25(12-19)31-17-30-24/h2-12,21,28H,13-17H2,1H3/t21-/m1/s1. The van der Waals surface area contributed by atoms with Crippen molar-refractivity contribution < 1.29 is 23.7 Å². The van der Waals surface area contributed by atoms with E-state index in [1.165, 1.54) is 6.07 Å². The molecule has 0 aromatic heterocycles. The summed E-state index contributed by atoms with van der Waals surface area (Å²) < 4.78 is 30.9. The van der Waals surface area contributed by atoms with Gasteiger partial charge in [-0.3, -0.25) is 4.90 Å². The van der Waals surface area contributed by atoms with E-state index in [0.717, 1.165) is 22.6 Å². The van der Waals surface area contributed by atoms with E-state index in [1.54, 1.807) is 12.1 Å². The molecule has 1 aliphatic heterocycles. The number of hydrogen-bond donors (Lipinski definition) is 1. The van der Waals surface area contributed by atoms with Gasteiger partial charge in [0.25, 0.3) is 0 Å². The predicted octanol–water partition coefficient (Wildman–Crippen LogP) is 4.30. The molecule has 0 bridgehead atoms. The van der Waals surface area contributed by atoms with Crippen LogP contribution in [0.3, 0.4) is 0 Å². The molecule has 5 nitrogen and oxygen atoms in total. The van der Waals surface area contributed by atoms with Crippen LogP contribution in [-0.4, -0.2) is 36.1 Å². The second kappa shape index (κ2) is 9.81. The topological polar surface area (TPSA) is 51.2 Å². The average Bonchev–Trinajstić information content (AvgIpc) is 3.23. The summed E-state index contributed by atoms with van der Waals surface area (Å²) in [6.07, 6.45) is -0.736. The third kappa shape index (κ3) is 5.54. The van der Waals surface area contributed by atoms with Crippen LogP contribution in [0.5, 0.6) is 17.2 Å². The monoisotopic (exact) mass is 423 g/mol. The maximum absolute atomic E-state index is 14.3. The van der Waals surface area contributed by atoms with Gasteiger partial charge in [0.1, 0.15) is 24.3 Å². The maximum atomic E-state index is 14.3. The first-order valence-corrected chi connectivity index (χ1v) is 10.3. The Morgan fingerprint density at radius 1 is 1.00 bits per heavy atom. The van der Waals surface area contributed by atoms with Gasteiger partial charge in [0.15, 0.2) is 11.5 Å². The normalized spacial score (nSPS) is 13.4. The summed E-state index contributed by atoms with van der Waals surface area (Å²) in [6, 6.07) is 20.1. The van der Waals surface area contributed by atoms with Crippen molar-refractivity contribution >= 4 is 0 Å². The summed E-state index contributed by atoms with van der Waals surface area (Å²) in [5.41, 5.74) is 2.58.